The van der Waals surface area contributed by atoms with Gasteiger partial charge in [-0.15, -0.1) is 0 Å². The number of nitrogens with two attached hydrogens (primary N) is 1. The van der Waals surface area contributed by atoms with Crippen molar-refractivity contribution in [3.8, 4) is 0 Å². The van der Waals surface area contributed by atoms with Crippen molar-refractivity contribution < 1.29 is 9.90 Å². The molecule has 0 spiro atoms. The number of carboxylic acid groups (broad SMARTS) is 1. The van der Waals surface area contributed by atoms with Crippen LogP contribution in [-0.4, -0.2) is 17.1 Å². The molecule has 0 saturated heterocycles. The lowest BCUT2D eigenvalue weighted by Crippen LogP contribution is -2.42. The van der Waals surface area contributed by atoms with Crippen LogP contribution < -0.4 is 5.73 Å². The van der Waals surface area contributed by atoms with Gasteiger partial charge in [-0.25, -0.2) is 0 Å². The fraction of sp³-hybridized carbons (Fsp3) is 0.833. The molecule has 0 aromatic rings. The second kappa shape index (κ2) is 1.14. The Kier molecular flexibility index (Phi) is 0.662. The first kappa shape index (κ1) is 5.23. The van der Waals surface area contributed by atoms with Crippen LogP contribution in [0, 0.1) is 11.3 Å². The number of fused-ring (bicyclic) bond motifs is 1. The fourth-order valence-corrected chi connectivity index (χ4v) is 1.86. The number of hydrogen-bond acceptors (Lipinski definition) is 2. The van der Waals surface area contributed by atoms with Crippen molar-refractivity contribution in [1.82, 2.24) is 0 Å². The Morgan fingerprint density at radius 1 is 1.67 bits per heavy atom. The first-order valence-corrected chi connectivity index (χ1v) is 3.16. The van der Waals surface area contributed by atoms with Gasteiger partial charge in [0.25, 0.3) is 0 Å². The van der Waals surface area contributed by atoms with Crippen molar-refractivity contribution in [2.24, 2.45) is 17.1 Å². The smallest absolute Gasteiger partial charge is 0.310 e. The maximum atomic E-state index is 10.4. The van der Waals surface area contributed by atoms with Gasteiger partial charge in [-0.2, -0.15) is 0 Å². The zero-order valence-electron chi connectivity index (χ0n) is 5.00. The average Bonchev–Trinajstić information content (AvgIpc) is 2.36. The highest BCUT2D eigenvalue weighted by Crippen LogP contribution is 2.66. The van der Waals surface area contributed by atoms with Gasteiger partial charge in [0.1, 0.15) is 0 Å². The van der Waals surface area contributed by atoms with Crippen LogP contribution in [0.15, 0.2) is 0 Å². The summed E-state index contributed by atoms with van der Waals surface area (Å²) in [5, 5.41) is 8.60. The van der Waals surface area contributed by atoms with Crippen molar-refractivity contribution in [1.29, 1.82) is 0 Å². The van der Waals surface area contributed by atoms with Gasteiger partial charge < -0.3 is 10.8 Å². The molecule has 2 aliphatic rings. The number of carboxylic acids is 1. The minimum Gasteiger partial charge on any atom is -0.481 e. The molecule has 2 fully saturated rings. The normalized spacial score (nSPS) is 53.4. The lowest BCUT2D eigenvalue weighted by Gasteiger charge is -2.27. The van der Waals surface area contributed by atoms with Crippen LogP contribution in [-0.2, 0) is 4.79 Å². The van der Waals surface area contributed by atoms with Crippen LogP contribution in [0.25, 0.3) is 0 Å². The molecular weight excluding hydrogens is 118 g/mol. The molecule has 2 rings (SSSR count). The van der Waals surface area contributed by atoms with Gasteiger partial charge in [0.2, 0.25) is 0 Å². The molecule has 3 N–H and O–H groups in total. The standard InChI is InChI=1S/C6H9NO2/c7-4-2-6(5(8)9)1-3(4)6/h3-4H,1-2,7H2,(H,8,9)/t3-,4+,6-/m0/s1. The molecule has 0 heterocycles. The summed E-state index contributed by atoms with van der Waals surface area (Å²) in [5.41, 5.74) is 5.18. The number of rotatable bonds is 1. The largest absolute Gasteiger partial charge is 0.481 e. The molecule has 3 atom stereocenters. The van der Waals surface area contributed by atoms with Gasteiger partial charge in [0, 0.05) is 6.04 Å². The second-order valence-corrected chi connectivity index (χ2v) is 3.14. The topological polar surface area (TPSA) is 63.3 Å². The number of carbonyl (C=O) groups is 1. The van der Waals surface area contributed by atoms with E-state index >= 15 is 0 Å². The molecule has 0 amide bonds. The van der Waals surface area contributed by atoms with Gasteiger partial charge in [0.15, 0.2) is 0 Å². The summed E-state index contributed by atoms with van der Waals surface area (Å²) in [6.45, 7) is 0. The molecule has 3 heteroatoms. The number of hydrogen-bond donors (Lipinski definition) is 2. The summed E-state index contributed by atoms with van der Waals surface area (Å²) in [6.07, 6.45) is 1.52. The summed E-state index contributed by atoms with van der Waals surface area (Å²) in [6, 6.07) is 0.182. The molecule has 0 aliphatic heterocycles. The van der Waals surface area contributed by atoms with Crippen LogP contribution in [0.3, 0.4) is 0 Å². The zero-order chi connectivity index (χ0) is 6.65. The van der Waals surface area contributed by atoms with Crippen molar-refractivity contribution >= 4 is 5.97 Å². The summed E-state index contributed by atoms with van der Waals surface area (Å²) in [7, 11) is 0. The van der Waals surface area contributed by atoms with E-state index in [-0.39, 0.29) is 11.5 Å². The molecule has 3 nitrogen and oxygen atoms in total. The van der Waals surface area contributed by atoms with Crippen LogP contribution >= 0.6 is 0 Å². The van der Waals surface area contributed by atoms with E-state index in [1.165, 1.54) is 0 Å². The van der Waals surface area contributed by atoms with E-state index in [0.29, 0.717) is 12.3 Å². The molecule has 0 aromatic carbocycles. The molecule has 50 valence electrons. The lowest BCUT2D eigenvalue weighted by atomic mass is 9.81. The molecule has 0 radical (unpaired) electrons. The van der Waals surface area contributed by atoms with E-state index in [4.69, 9.17) is 10.8 Å². The average molecular weight is 127 g/mol. The van der Waals surface area contributed by atoms with Gasteiger partial charge in [-0.3, -0.25) is 4.79 Å². The summed E-state index contributed by atoms with van der Waals surface area (Å²) in [5.74, 6) is -0.329. The van der Waals surface area contributed by atoms with Gasteiger partial charge in [0.05, 0.1) is 5.41 Å². The van der Waals surface area contributed by atoms with E-state index < -0.39 is 5.97 Å². The van der Waals surface area contributed by atoms with E-state index in [1.807, 2.05) is 0 Å². The highest BCUT2D eigenvalue weighted by Gasteiger charge is 2.71. The maximum absolute atomic E-state index is 10.4. The molecule has 0 bridgehead atoms. The molecule has 0 unspecified atom stereocenters. The Morgan fingerprint density at radius 3 is 2.44 bits per heavy atom. The summed E-state index contributed by atoms with van der Waals surface area (Å²) in [4.78, 5) is 10.4. The molecule has 2 saturated carbocycles. The van der Waals surface area contributed by atoms with Crippen molar-refractivity contribution in [3.63, 3.8) is 0 Å². The SMILES string of the molecule is N[C@@H]1C[C@@]2(C(=O)O)C[C@@H]12. The summed E-state index contributed by atoms with van der Waals surface area (Å²) < 4.78 is 0. The van der Waals surface area contributed by atoms with E-state index in [9.17, 15) is 4.79 Å². The van der Waals surface area contributed by atoms with Gasteiger partial charge in [-0.1, -0.05) is 0 Å². The van der Waals surface area contributed by atoms with Crippen molar-refractivity contribution in [2.45, 2.75) is 18.9 Å². The van der Waals surface area contributed by atoms with Crippen molar-refractivity contribution in [2.75, 3.05) is 0 Å². The highest BCUT2D eigenvalue weighted by molar-refractivity contribution is 5.81. The fourth-order valence-electron chi connectivity index (χ4n) is 1.86. The second-order valence-electron chi connectivity index (χ2n) is 3.14. The Bertz CT molecular complexity index is 180. The first-order valence-electron chi connectivity index (χ1n) is 3.16. The Hall–Kier alpha value is -0.570. The third-order valence-electron chi connectivity index (χ3n) is 2.68. The van der Waals surface area contributed by atoms with Gasteiger partial charge in [-0.05, 0) is 18.8 Å². The lowest BCUT2D eigenvalue weighted by molar-refractivity contribution is -0.147. The van der Waals surface area contributed by atoms with Crippen LogP contribution in [0.4, 0.5) is 0 Å². The highest BCUT2D eigenvalue weighted by atomic mass is 16.4. The van der Waals surface area contributed by atoms with Gasteiger partial charge >= 0.3 is 5.97 Å². The van der Waals surface area contributed by atoms with Crippen LogP contribution in [0.5, 0.6) is 0 Å². The Balaban J connectivity index is 2.12. The first-order chi connectivity index (χ1) is 4.17. The monoisotopic (exact) mass is 127 g/mol. The van der Waals surface area contributed by atoms with E-state index in [2.05, 4.69) is 0 Å². The minimum atomic E-state index is -0.644. The molecular formula is C6H9NO2. The third kappa shape index (κ3) is 0.399. The summed E-state index contributed by atoms with van der Waals surface area (Å²) >= 11 is 0. The predicted molar refractivity (Wildman–Crippen MR) is 30.8 cm³/mol. The van der Waals surface area contributed by atoms with E-state index in [1.54, 1.807) is 0 Å². The molecule has 9 heavy (non-hydrogen) atoms. The zero-order valence-corrected chi connectivity index (χ0v) is 5.00. The predicted octanol–water partition coefficient (Wildman–Crippen LogP) is -0.192. The van der Waals surface area contributed by atoms with Crippen molar-refractivity contribution in [3.05, 3.63) is 0 Å². The van der Waals surface area contributed by atoms with E-state index in [0.717, 1.165) is 6.42 Å². The van der Waals surface area contributed by atoms with Crippen LogP contribution in [0.1, 0.15) is 12.8 Å². The number of aliphatic carboxylic acids is 1. The Labute approximate surface area is 52.8 Å². The minimum absolute atomic E-state index is 0.182. The third-order valence-corrected chi connectivity index (χ3v) is 2.68. The molecule has 2 aliphatic carbocycles. The van der Waals surface area contributed by atoms with Crippen LogP contribution in [0.2, 0.25) is 0 Å². The molecule has 0 aromatic heterocycles. The maximum Gasteiger partial charge on any atom is 0.310 e. The Morgan fingerprint density at radius 2 is 2.33 bits per heavy atom. The quantitative estimate of drug-likeness (QED) is 0.513.